The van der Waals surface area contributed by atoms with Gasteiger partial charge in [0.1, 0.15) is 12.6 Å². The van der Waals surface area contributed by atoms with Crippen molar-refractivity contribution < 1.29 is 9.53 Å². The van der Waals surface area contributed by atoms with E-state index < -0.39 is 0 Å². The predicted octanol–water partition coefficient (Wildman–Crippen LogP) is 1.87. The third-order valence-corrected chi connectivity index (χ3v) is 2.79. The zero-order valence-corrected chi connectivity index (χ0v) is 9.93. The molecule has 0 aliphatic carbocycles. The highest BCUT2D eigenvalue weighted by molar-refractivity contribution is 7.98. The molecule has 5 heteroatoms. The molecule has 0 radical (unpaired) electrons. The molecule has 1 aromatic rings. The van der Waals surface area contributed by atoms with Gasteiger partial charge in [-0.2, -0.15) is 5.26 Å². The number of rotatable bonds is 4. The Balaban J connectivity index is 2.88. The Kier molecular flexibility index (Phi) is 4.67. The number of benzene rings is 1. The largest absolute Gasteiger partial charge is 0.468 e. The number of ether oxygens (including phenoxy) is 1. The molecule has 16 heavy (non-hydrogen) atoms. The van der Waals surface area contributed by atoms with E-state index >= 15 is 0 Å². The van der Waals surface area contributed by atoms with Crippen LogP contribution in [0.1, 0.15) is 5.56 Å². The summed E-state index contributed by atoms with van der Waals surface area (Å²) in [4.78, 5) is 11.9. The molecule has 0 amide bonds. The third-order valence-electron chi connectivity index (χ3n) is 2.01. The molecule has 0 saturated heterocycles. The van der Waals surface area contributed by atoms with Gasteiger partial charge in [0.15, 0.2) is 0 Å². The molecule has 0 unspecified atom stereocenters. The lowest BCUT2D eigenvalue weighted by molar-refractivity contribution is -0.138. The summed E-state index contributed by atoms with van der Waals surface area (Å²) in [7, 11) is 1.33. The van der Waals surface area contributed by atoms with Crippen LogP contribution >= 0.6 is 11.8 Å². The molecule has 0 aromatic heterocycles. The number of anilines is 1. The summed E-state index contributed by atoms with van der Waals surface area (Å²) >= 11 is 1.50. The highest BCUT2D eigenvalue weighted by Gasteiger charge is 2.08. The Morgan fingerprint density at radius 3 is 2.94 bits per heavy atom. The molecule has 0 heterocycles. The van der Waals surface area contributed by atoms with Gasteiger partial charge in [-0.1, -0.05) is 6.07 Å². The van der Waals surface area contributed by atoms with Crippen LogP contribution < -0.4 is 5.32 Å². The van der Waals surface area contributed by atoms with E-state index in [1.54, 1.807) is 6.07 Å². The number of thioether (sulfide) groups is 1. The topological polar surface area (TPSA) is 62.1 Å². The minimum atomic E-state index is -0.363. The fraction of sp³-hybridized carbons (Fsp3) is 0.273. The van der Waals surface area contributed by atoms with E-state index in [2.05, 4.69) is 16.1 Å². The number of esters is 1. The standard InChI is InChI=1S/C11H12N2O2S/c1-15-11(14)7-13-9-4-3-5-10(16-2)8(9)6-12/h3-5,13H,7H2,1-2H3. The SMILES string of the molecule is COC(=O)CNc1cccc(SC)c1C#N. The Morgan fingerprint density at radius 2 is 2.38 bits per heavy atom. The second-order valence-corrected chi connectivity index (χ2v) is 3.77. The fourth-order valence-electron chi connectivity index (χ4n) is 1.20. The number of nitrogens with zero attached hydrogens (tertiary/aromatic N) is 1. The first-order chi connectivity index (χ1) is 7.72. The van der Waals surface area contributed by atoms with Crippen LogP contribution in [-0.4, -0.2) is 25.9 Å². The molecule has 0 aliphatic rings. The van der Waals surface area contributed by atoms with Gasteiger partial charge in [0.05, 0.1) is 18.4 Å². The monoisotopic (exact) mass is 236 g/mol. The van der Waals surface area contributed by atoms with Gasteiger partial charge in [-0.05, 0) is 18.4 Å². The van der Waals surface area contributed by atoms with Crippen molar-refractivity contribution in [2.24, 2.45) is 0 Å². The summed E-state index contributed by atoms with van der Waals surface area (Å²) in [5.41, 5.74) is 1.21. The van der Waals surface area contributed by atoms with Crippen LogP contribution in [-0.2, 0) is 9.53 Å². The molecule has 4 nitrogen and oxygen atoms in total. The lowest BCUT2D eigenvalue weighted by atomic mass is 10.2. The molecule has 0 atom stereocenters. The van der Waals surface area contributed by atoms with E-state index in [9.17, 15) is 4.79 Å². The van der Waals surface area contributed by atoms with Gasteiger partial charge in [0, 0.05) is 4.90 Å². The first-order valence-electron chi connectivity index (χ1n) is 4.60. The number of nitrogens with one attached hydrogen (secondary N) is 1. The summed E-state index contributed by atoms with van der Waals surface area (Å²) in [6.07, 6.45) is 1.90. The lowest BCUT2D eigenvalue weighted by Crippen LogP contribution is -2.15. The Bertz CT molecular complexity index is 426. The number of methoxy groups -OCH3 is 1. The van der Waals surface area contributed by atoms with Crippen molar-refractivity contribution in [3.05, 3.63) is 23.8 Å². The maximum atomic E-state index is 11.0. The normalized spacial score (nSPS) is 9.31. The zero-order chi connectivity index (χ0) is 12.0. The second kappa shape index (κ2) is 6.03. The van der Waals surface area contributed by atoms with Gasteiger partial charge in [-0.15, -0.1) is 11.8 Å². The van der Waals surface area contributed by atoms with E-state index in [1.807, 2.05) is 18.4 Å². The third kappa shape index (κ3) is 2.91. The van der Waals surface area contributed by atoms with Gasteiger partial charge in [-0.25, -0.2) is 0 Å². The van der Waals surface area contributed by atoms with Crippen LogP contribution in [0.5, 0.6) is 0 Å². The van der Waals surface area contributed by atoms with Crippen molar-refractivity contribution in [2.45, 2.75) is 4.90 Å². The van der Waals surface area contributed by atoms with E-state index in [0.717, 1.165) is 4.90 Å². The maximum Gasteiger partial charge on any atom is 0.325 e. The van der Waals surface area contributed by atoms with Gasteiger partial charge in [0.25, 0.3) is 0 Å². The number of hydrogen-bond acceptors (Lipinski definition) is 5. The molecular formula is C11H12N2O2S. The molecular weight excluding hydrogens is 224 g/mol. The van der Waals surface area contributed by atoms with Crippen molar-refractivity contribution >= 4 is 23.4 Å². The highest BCUT2D eigenvalue weighted by Crippen LogP contribution is 2.25. The molecule has 1 N–H and O–H groups in total. The summed E-state index contributed by atoms with van der Waals surface area (Å²) in [5.74, 6) is -0.363. The molecule has 0 bridgehead atoms. The number of carbonyl (C=O) groups is 1. The van der Waals surface area contributed by atoms with Crippen molar-refractivity contribution in [3.63, 3.8) is 0 Å². The highest BCUT2D eigenvalue weighted by atomic mass is 32.2. The minimum absolute atomic E-state index is 0.0585. The van der Waals surface area contributed by atoms with Crippen LogP contribution in [0, 0.1) is 11.3 Å². The molecule has 0 spiro atoms. The van der Waals surface area contributed by atoms with E-state index in [-0.39, 0.29) is 12.5 Å². The van der Waals surface area contributed by atoms with Crippen LogP contribution in [0.3, 0.4) is 0 Å². The molecule has 0 fully saturated rings. The number of hydrogen-bond donors (Lipinski definition) is 1. The minimum Gasteiger partial charge on any atom is -0.468 e. The fourth-order valence-corrected chi connectivity index (χ4v) is 1.78. The van der Waals surface area contributed by atoms with E-state index in [1.165, 1.54) is 18.9 Å². The van der Waals surface area contributed by atoms with Crippen LogP contribution in [0.4, 0.5) is 5.69 Å². The number of nitriles is 1. The van der Waals surface area contributed by atoms with Crippen LogP contribution in [0.15, 0.2) is 23.1 Å². The number of carbonyl (C=O) groups excluding carboxylic acids is 1. The van der Waals surface area contributed by atoms with Crippen LogP contribution in [0.25, 0.3) is 0 Å². The van der Waals surface area contributed by atoms with Gasteiger partial charge >= 0.3 is 5.97 Å². The van der Waals surface area contributed by atoms with E-state index in [0.29, 0.717) is 11.3 Å². The predicted molar refractivity (Wildman–Crippen MR) is 63.4 cm³/mol. The Labute approximate surface area is 98.6 Å². The summed E-state index contributed by atoms with van der Waals surface area (Å²) < 4.78 is 4.51. The summed E-state index contributed by atoms with van der Waals surface area (Å²) in [5, 5.41) is 11.9. The van der Waals surface area contributed by atoms with Crippen molar-refractivity contribution in [3.8, 4) is 6.07 Å². The zero-order valence-electron chi connectivity index (χ0n) is 9.11. The molecule has 0 aliphatic heterocycles. The van der Waals surface area contributed by atoms with Crippen molar-refractivity contribution in [1.82, 2.24) is 0 Å². The smallest absolute Gasteiger partial charge is 0.325 e. The van der Waals surface area contributed by atoms with Crippen molar-refractivity contribution in [2.75, 3.05) is 25.2 Å². The average molecular weight is 236 g/mol. The average Bonchev–Trinajstić information content (AvgIpc) is 2.34. The summed E-state index contributed by atoms with van der Waals surface area (Å²) in [6, 6.07) is 7.59. The molecule has 1 rings (SSSR count). The molecule has 0 saturated carbocycles. The van der Waals surface area contributed by atoms with Crippen molar-refractivity contribution in [1.29, 1.82) is 5.26 Å². The lowest BCUT2D eigenvalue weighted by Gasteiger charge is -2.09. The van der Waals surface area contributed by atoms with Gasteiger partial charge in [-0.3, -0.25) is 4.79 Å². The van der Waals surface area contributed by atoms with E-state index in [4.69, 9.17) is 5.26 Å². The quantitative estimate of drug-likeness (QED) is 0.638. The molecule has 1 aromatic carbocycles. The van der Waals surface area contributed by atoms with Gasteiger partial charge in [0.2, 0.25) is 0 Å². The van der Waals surface area contributed by atoms with Gasteiger partial charge < -0.3 is 10.1 Å². The summed E-state index contributed by atoms with van der Waals surface area (Å²) in [6.45, 7) is 0.0585. The maximum absolute atomic E-state index is 11.0. The Morgan fingerprint density at radius 1 is 1.62 bits per heavy atom. The molecule has 84 valence electrons. The Hall–Kier alpha value is -1.67. The van der Waals surface area contributed by atoms with Crippen LogP contribution in [0.2, 0.25) is 0 Å². The first-order valence-corrected chi connectivity index (χ1v) is 5.83. The second-order valence-electron chi connectivity index (χ2n) is 2.92. The first kappa shape index (κ1) is 12.4.